The second kappa shape index (κ2) is 7.35. The number of piperazine rings is 1. The molecule has 0 atom stereocenters. The van der Waals surface area contributed by atoms with Crippen LogP contribution in [0.2, 0.25) is 0 Å². The minimum atomic E-state index is -3.69. The number of thiophene rings is 1. The molecule has 154 valence electrons. The number of carbonyl (C=O) groups is 1. The van der Waals surface area contributed by atoms with Crippen LogP contribution in [0.25, 0.3) is 21.7 Å². The SMILES string of the molecule is O=C(c1cc(-c2cccs2)on1)N1CCN(S(=O)(=O)c2c[nH]c3ncccc23)CC1. The lowest BCUT2D eigenvalue weighted by Crippen LogP contribution is -2.50. The number of H-pyrrole nitrogens is 1. The molecular weight excluding hydrogens is 426 g/mol. The van der Waals surface area contributed by atoms with Gasteiger partial charge in [0.05, 0.1) is 4.88 Å². The van der Waals surface area contributed by atoms with Gasteiger partial charge in [-0.15, -0.1) is 11.3 Å². The van der Waals surface area contributed by atoms with Gasteiger partial charge in [0.25, 0.3) is 5.91 Å². The molecule has 1 amide bonds. The third-order valence-electron chi connectivity index (χ3n) is 5.05. The number of nitrogens with zero attached hydrogens (tertiary/aromatic N) is 4. The van der Waals surface area contributed by atoms with Gasteiger partial charge in [0, 0.05) is 50.0 Å². The summed E-state index contributed by atoms with van der Waals surface area (Å²) in [6.07, 6.45) is 3.07. The van der Waals surface area contributed by atoms with Crippen LogP contribution in [0.1, 0.15) is 10.5 Å². The van der Waals surface area contributed by atoms with E-state index in [1.54, 1.807) is 29.3 Å². The predicted octanol–water partition coefficient (Wildman–Crippen LogP) is 2.43. The number of aromatic amines is 1. The normalized spacial score (nSPS) is 15.7. The first-order valence-corrected chi connectivity index (χ1v) is 11.6. The van der Waals surface area contributed by atoms with E-state index in [-0.39, 0.29) is 42.7 Å². The smallest absolute Gasteiger partial charge is 0.276 e. The molecule has 1 aliphatic heterocycles. The number of hydrogen-bond acceptors (Lipinski definition) is 7. The van der Waals surface area contributed by atoms with E-state index in [0.717, 1.165) is 4.88 Å². The molecular formula is C19H17N5O4S2. The van der Waals surface area contributed by atoms with Crippen molar-refractivity contribution in [3.05, 3.63) is 53.8 Å². The molecule has 1 fully saturated rings. The monoisotopic (exact) mass is 443 g/mol. The number of amides is 1. The Kier molecular flexibility index (Phi) is 4.65. The van der Waals surface area contributed by atoms with E-state index in [0.29, 0.717) is 16.8 Å². The Morgan fingerprint density at radius 3 is 2.77 bits per heavy atom. The third-order valence-corrected chi connectivity index (χ3v) is 7.87. The zero-order valence-electron chi connectivity index (χ0n) is 15.7. The van der Waals surface area contributed by atoms with Crippen LogP contribution in [0.4, 0.5) is 0 Å². The fourth-order valence-electron chi connectivity index (χ4n) is 3.49. The van der Waals surface area contributed by atoms with Gasteiger partial charge in [0.2, 0.25) is 10.0 Å². The summed E-state index contributed by atoms with van der Waals surface area (Å²) in [4.78, 5) is 22.5. The van der Waals surface area contributed by atoms with Crippen molar-refractivity contribution in [1.29, 1.82) is 0 Å². The van der Waals surface area contributed by atoms with Gasteiger partial charge in [-0.05, 0) is 23.6 Å². The van der Waals surface area contributed by atoms with E-state index in [4.69, 9.17) is 4.52 Å². The van der Waals surface area contributed by atoms with Crippen LogP contribution in [0.5, 0.6) is 0 Å². The molecule has 0 spiro atoms. The summed E-state index contributed by atoms with van der Waals surface area (Å²) in [5, 5.41) is 6.36. The molecule has 4 aromatic heterocycles. The quantitative estimate of drug-likeness (QED) is 0.518. The van der Waals surface area contributed by atoms with E-state index in [1.807, 2.05) is 17.5 Å². The largest absolute Gasteiger partial charge is 0.355 e. The third kappa shape index (κ3) is 3.20. The summed E-state index contributed by atoms with van der Waals surface area (Å²) >= 11 is 1.50. The number of aromatic nitrogens is 3. The van der Waals surface area contributed by atoms with Crippen LogP contribution in [-0.2, 0) is 10.0 Å². The standard InChI is InChI=1S/C19H17N5O4S2/c25-19(14-11-15(28-22-14)16-4-2-10-29-16)23-6-8-24(9-7-23)30(26,27)17-12-21-18-13(17)3-1-5-20-18/h1-5,10-12H,6-9H2,(H,20,21). The summed E-state index contributed by atoms with van der Waals surface area (Å²) in [6, 6.07) is 8.84. The van der Waals surface area contributed by atoms with Crippen LogP contribution >= 0.6 is 11.3 Å². The Bertz CT molecular complexity index is 1300. The van der Waals surface area contributed by atoms with Crippen molar-refractivity contribution in [2.45, 2.75) is 4.90 Å². The van der Waals surface area contributed by atoms with Gasteiger partial charge in [0.1, 0.15) is 10.5 Å². The van der Waals surface area contributed by atoms with Gasteiger partial charge in [-0.3, -0.25) is 4.79 Å². The van der Waals surface area contributed by atoms with E-state index in [9.17, 15) is 13.2 Å². The maximum Gasteiger partial charge on any atom is 0.276 e. The molecule has 5 rings (SSSR count). The zero-order valence-corrected chi connectivity index (χ0v) is 17.3. The molecule has 1 saturated heterocycles. The molecule has 0 radical (unpaired) electrons. The Morgan fingerprint density at radius 1 is 1.17 bits per heavy atom. The van der Waals surface area contributed by atoms with E-state index < -0.39 is 10.0 Å². The van der Waals surface area contributed by atoms with E-state index in [1.165, 1.54) is 21.8 Å². The molecule has 0 unspecified atom stereocenters. The number of nitrogens with one attached hydrogen (secondary N) is 1. The summed E-state index contributed by atoms with van der Waals surface area (Å²) in [6.45, 7) is 0.965. The highest BCUT2D eigenvalue weighted by atomic mass is 32.2. The maximum absolute atomic E-state index is 13.1. The second-order valence-electron chi connectivity index (χ2n) is 6.80. The van der Waals surface area contributed by atoms with Gasteiger partial charge >= 0.3 is 0 Å². The highest BCUT2D eigenvalue weighted by molar-refractivity contribution is 7.89. The minimum Gasteiger partial charge on any atom is -0.355 e. The average molecular weight is 444 g/mol. The molecule has 0 bridgehead atoms. The maximum atomic E-state index is 13.1. The summed E-state index contributed by atoms with van der Waals surface area (Å²) in [5.41, 5.74) is 0.745. The second-order valence-corrected chi connectivity index (χ2v) is 9.66. The molecule has 4 aromatic rings. The molecule has 0 aromatic carbocycles. The van der Waals surface area contributed by atoms with E-state index in [2.05, 4.69) is 15.1 Å². The van der Waals surface area contributed by atoms with Gasteiger partial charge in [0.15, 0.2) is 11.5 Å². The van der Waals surface area contributed by atoms with Crippen molar-refractivity contribution in [3.63, 3.8) is 0 Å². The van der Waals surface area contributed by atoms with Gasteiger partial charge in [-0.2, -0.15) is 4.31 Å². The fourth-order valence-corrected chi connectivity index (χ4v) is 5.73. The zero-order chi connectivity index (χ0) is 20.7. The van der Waals surface area contributed by atoms with Crippen LogP contribution in [0, 0.1) is 0 Å². The van der Waals surface area contributed by atoms with Crippen molar-refractivity contribution in [2.24, 2.45) is 0 Å². The number of hydrogen-bond donors (Lipinski definition) is 1. The van der Waals surface area contributed by atoms with Crippen molar-refractivity contribution >= 4 is 38.3 Å². The van der Waals surface area contributed by atoms with Gasteiger partial charge < -0.3 is 14.4 Å². The Morgan fingerprint density at radius 2 is 2.00 bits per heavy atom. The summed E-state index contributed by atoms with van der Waals surface area (Å²) in [5.74, 6) is 0.275. The fraction of sp³-hybridized carbons (Fsp3) is 0.211. The number of fused-ring (bicyclic) bond motifs is 1. The molecule has 0 saturated carbocycles. The van der Waals surface area contributed by atoms with Crippen LogP contribution in [0.3, 0.4) is 0 Å². The molecule has 1 aliphatic rings. The molecule has 11 heteroatoms. The van der Waals surface area contributed by atoms with Gasteiger partial charge in [-0.1, -0.05) is 11.2 Å². The Balaban J connectivity index is 1.30. The van der Waals surface area contributed by atoms with Crippen molar-refractivity contribution in [3.8, 4) is 10.6 Å². The van der Waals surface area contributed by atoms with Crippen molar-refractivity contribution in [1.82, 2.24) is 24.3 Å². The molecule has 5 heterocycles. The first-order valence-electron chi connectivity index (χ1n) is 9.26. The summed E-state index contributed by atoms with van der Waals surface area (Å²) < 4.78 is 32.9. The predicted molar refractivity (Wildman–Crippen MR) is 111 cm³/mol. The lowest BCUT2D eigenvalue weighted by Gasteiger charge is -2.33. The number of rotatable bonds is 4. The van der Waals surface area contributed by atoms with Crippen molar-refractivity contribution in [2.75, 3.05) is 26.2 Å². The van der Waals surface area contributed by atoms with E-state index >= 15 is 0 Å². The highest BCUT2D eigenvalue weighted by Crippen LogP contribution is 2.27. The Labute approximate surface area is 176 Å². The average Bonchev–Trinajstić information content (AvgIpc) is 3.53. The number of carbonyl (C=O) groups excluding carboxylic acids is 1. The number of sulfonamides is 1. The first-order chi connectivity index (χ1) is 14.5. The van der Waals surface area contributed by atoms with Crippen LogP contribution in [-0.4, -0.2) is 64.8 Å². The Hall–Kier alpha value is -3.02. The molecule has 9 nitrogen and oxygen atoms in total. The highest BCUT2D eigenvalue weighted by Gasteiger charge is 2.33. The number of pyridine rings is 1. The molecule has 0 aliphatic carbocycles. The minimum absolute atomic E-state index is 0.197. The molecule has 30 heavy (non-hydrogen) atoms. The van der Waals surface area contributed by atoms with Gasteiger partial charge in [-0.25, -0.2) is 13.4 Å². The lowest BCUT2D eigenvalue weighted by atomic mass is 10.2. The van der Waals surface area contributed by atoms with Crippen molar-refractivity contribution < 1.29 is 17.7 Å². The topological polar surface area (TPSA) is 112 Å². The lowest BCUT2D eigenvalue weighted by molar-refractivity contribution is 0.0687. The van der Waals surface area contributed by atoms with Crippen LogP contribution < -0.4 is 0 Å². The molecule has 1 N–H and O–H groups in total. The summed E-state index contributed by atoms with van der Waals surface area (Å²) in [7, 11) is -3.69. The van der Waals surface area contributed by atoms with Crippen LogP contribution in [0.15, 0.2) is 57.5 Å². The first kappa shape index (κ1) is 19.0.